The van der Waals surface area contributed by atoms with Crippen LogP contribution in [0, 0.1) is 10.8 Å². The van der Waals surface area contributed by atoms with Gasteiger partial charge in [-0.05, 0) is 35.5 Å². The number of nitroso groups, excluding NO2 is 1. The van der Waals surface area contributed by atoms with E-state index in [1.807, 2.05) is 18.2 Å². The zero-order valence-corrected chi connectivity index (χ0v) is 13.8. The number of anilines is 1. The topological polar surface area (TPSA) is 66.7 Å². The van der Waals surface area contributed by atoms with Gasteiger partial charge in [0.1, 0.15) is 13.8 Å². The van der Waals surface area contributed by atoms with Crippen molar-refractivity contribution in [2.24, 2.45) is 15.9 Å². The highest BCUT2D eigenvalue weighted by molar-refractivity contribution is 8.49. The number of nitrogens with zero attached hydrogens (tertiary/aromatic N) is 3. The van der Waals surface area contributed by atoms with Crippen LogP contribution in [0.1, 0.15) is 12.6 Å². The Bertz CT molecular complexity index is 535. The van der Waals surface area contributed by atoms with Crippen LogP contribution in [-0.2, 0) is 6.42 Å². The Morgan fingerprint density at radius 2 is 2.43 bits per heavy atom. The molecule has 0 saturated carbocycles. The van der Waals surface area contributed by atoms with Crippen molar-refractivity contribution in [1.82, 2.24) is 4.98 Å². The molecule has 0 spiro atoms. The van der Waals surface area contributed by atoms with E-state index >= 15 is 0 Å². The van der Waals surface area contributed by atoms with Crippen molar-refractivity contribution in [3.05, 3.63) is 41.0 Å². The second kappa shape index (κ2) is 8.90. The number of aliphatic imine (C=N–C) groups is 1. The molecule has 1 aliphatic heterocycles. The van der Waals surface area contributed by atoms with E-state index in [9.17, 15) is 4.91 Å². The smallest absolute Gasteiger partial charge is 0.126 e. The summed E-state index contributed by atoms with van der Waals surface area (Å²) in [5, 5.41) is 3.30. The summed E-state index contributed by atoms with van der Waals surface area (Å²) in [7, 11) is 0.0840. The molecule has 0 aromatic carbocycles. The van der Waals surface area contributed by atoms with Crippen LogP contribution in [0.15, 0.2) is 40.3 Å². The molecule has 0 amide bonds. The molecule has 2 atom stereocenters. The zero-order valence-electron chi connectivity index (χ0n) is 12.0. The highest BCUT2D eigenvalue weighted by atomic mass is 32.7. The normalized spacial score (nSPS) is 18.0. The Kier molecular flexibility index (Phi) is 6.83. The fourth-order valence-corrected chi connectivity index (χ4v) is 3.08. The quantitative estimate of drug-likeness (QED) is 0.450. The number of hydrogen-bond donors (Lipinski definition) is 1. The van der Waals surface area contributed by atoms with Gasteiger partial charge in [0.15, 0.2) is 0 Å². The van der Waals surface area contributed by atoms with Crippen LogP contribution in [0.25, 0.3) is 0 Å². The highest BCUT2D eigenvalue weighted by Gasteiger charge is 2.05. The number of rotatable bonds is 8. The maximum absolute atomic E-state index is 10.0. The minimum atomic E-state index is 0.0840. The van der Waals surface area contributed by atoms with Gasteiger partial charge in [-0.15, -0.1) is 16.3 Å². The number of hydrogen-bond acceptors (Lipinski definition) is 6. The first-order valence-corrected chi connectivity index (χ1v) is 9.54. The van der Waals surface area contributed by atoms with Crippen LogP contribution in [-0.4, -0.2) is 29.5 Å². The second-order valence-electron chi connectivity index (χ2n) is 4.82. The van der Waals surface area contributed by atoms with Crippen LogP contribution < -0.4 is 5.32 Å². The molecule has 2 unspecified atom stereocenters. The lowest BCUT2D eigenvalue weighted by molar-refractivity contribution is 0.733. The molecule has 1 aliphatic rings. The average molecular weight is 322 g/mol. The molecule has 1 aromatic rings. The summed E-state index contributed by atoms with van der Waals surface area (Å²) < 4.78 is 0. The van der Waals surface area contributed by atoms with Crippen LogP contribution in [0.5, 0.6) is 0 Å². The molecular formula is C14H19N4OPS. The van der Waals surface area contributed by atoms with Gasteiger partial charge in [-0.2, -0.15) is 0 Å². The molecule has 1 aromatic heterocycles. The predicted molar refractivity (Wildman–Crippen MR) is 93.6 cm³/mol. The fraction of sp³-hybridized carbons (Fsp3) is 0.429. The molecular weight excluding hydrogens is 303 g/mol. The summed E-state index contributed by atoms with van der Waals surface area (Å²) in [6.07, 6.45) is 5.11. The Labute approximate surface area is 130 Å². The van der Waals surface area contributed by atoms with Crippen molar-refractivity contribution >= 4 is 30.8 Å². The molecule has 1 N–H and O–H groups in total. The number of pyridine rings is 1. The van der Waals surface area contributed by atoms with Gasteiger partial charge in [-0.25, -0.2) is 4.98 Å². The summed E-state index contributed by atoms with van der Waals surface area (Å²) in [5.74, 6) is 2.27. The number of nitrogens with one attached hydrogen (secondary N) is 1. The molecule has 0 fully saturated rings. The van der Waals surface area contributed by atoms with E-state index < -0.39 is 0 Å². The molecule has 2 heterocycles. The summed E-state index contributed by atoms with van der Waals surface area (Å²) in [5.41, 5.74) is 2.09. The molecule has 0 saturated heterocycles. The maximum Gasteiger partial charge on any atom is 0.126 e. The zero-order chi connectivity index (χ0) is 14.9. The third kappa shape index (κ3) is 5.94. The monoisotopic (exact) mass is 322 g/mol. The van der Waals surface area contributed by atoms with E-state index in [0.717, 1.165) is 35.9 Å². The second-order valence-corrected chi connectivity index (χ2v) is 7.29. The lowest BCUT2D eigenvalue weighted by atomic mass is 10.1. The number of aryl methyl sites for hydroxylation is 1. The van der Waals surface area contributed by atoms with Crippen molar-refractivity contribution in [1.29, 1.82) is 0 Å². The van der Waals surface area contributed by atoms with Gasteiger partial charge in [0.2, 0.25) is 0 Å². The summed E-state index contributed by atoms with van der Waals surface area (Å²) in [6.45, 7) is 3.72. The lowest BCUT2D eigenvalue weighted by Gasteiger charge is -2.12. The third-order valence-electron chi connectivity index (χ3n) is 3.02. The molecule has 7 heteroatoms. The van der Waals surface area contributed by atoms with Gasteiger partial charge >= 0.3 is 0 Å². The van der Waals surface area contributed by atoms with Gasteiger partial charge in [-0.1, -0.05) is 19.1 Å². The van der Waals surface area contributed by atoms with E-state index in [4.69, 9.17) is 0 Å². The van der Waals surface area contributed by atoms with E-state index in [1.165, 1.54) is 0 Å². The molecule has 0 bridgehead atoms. The van der Waals surface area contributed by atoms with Crippen molar-refractivity contribution in [3.63, 3.8) is 0 Å². The first kappa shape index (κ1) is 16.1. The van der Waals surface area contributed by atoms with Crippen LogP contribution in [0.3, 0.4) is 0 Å². The van der Waals surface area contributed by atoms with E-state index in [1.54, 1.807) is 11.4 Å². The third-order valence-corrected chi connectivity index (χ3v) is 4.85. The lowest BCUT2D eigenvalue weighted by Crippen LogP contribution is -2.17. The van der Waals surface area contributed by atoms with E-state index in [0.29, 0.717) is 12.5 Å². The first-order valence-electron chi connectivity index (χ1n) is 6.88. The van der Waals surface area contributed by atoms with Crippen LogP contribution >= 0.6 is 19.3 Å². The Hall–Kier alpha value is -1.26. The van der Waals surface area contributed by atoms with Gasteiger partial charge in [0.05, 0.1) is 12.3 Å². The van der Waals surface area contributed by atoms with E-state index in [-0.39, 0.29) is 7.93 Å². The minimum absolute atomic E-state index is 0.0840. The van der Waals surface area contributed by atoms with Gasteiger partial charge in [-0.3, -0.25) is 4.99 Å². The standard InChI is InChI=1S/C14H19N4OPS/c1-11-5-6-13(15-9-11)10-16-14-4-2-3-12(17-14)7-8-21-20-18-19/h2-6,11,20H,7-10H2,1H3,(H,16,17). The van der Waals surface area contributed by atoms with Crippen molar-refractivity contribution in [2.45, 2.75) is 13.3 Å². The van der Waals surface area contributed by atoms with Crippen LogP contribution in [0.2, 0.25) is 0 Å². The van der Waals surface area contributed by atoms with Crippen molar-refractivity contribution in [2.75, 3.05) is 24.2 Å². The average Bonchev–Trinajstić information content (AvgIpc) is 2.52. The minimum Gasteiger partial charge on any atom is -0.364 e. The van der Waals surface area contributed by atoms with Crippen molar-refractivity contribution in [3.8, 4) is 0 Å². The number of dihydropyridines is 1. The highest BCUT2D eigenvalue weighted by Crippen LogP contribution is 2.30. The summed E-state index contributed by atoms with van der Waals surface area (Å²) in [6, 6.07) is 5.96. The molecule has 0 aliphatic carbocycles. The molecule has 112 valence electrons. The van der Waals surface area contributed by atoms with Gasteiger partial charge in [0, 0.05) is 18.0 Å². The SMILES string of the molecule is CC1C=CC(CNc2cccc(CCSPN=O)n2)=NC1. The molecule has 21 heavy (non-hydrogen) atoms. The van der Waals surface area contributed by atoms with Crippen molar-refractivity contribution < 1.29 is 0 Å². The largest absolute Gasteiger partial charge is 0.364 e. The molecule has 2 rings (SSSR count). The Balaban J connectivity index is 1.81. The molecule has 0 radical (unpaired) electrons. The van der Waals surface area contributed by atoms with Gasteiger partial charge in [0.25, 0.3) is 0 Å². The van der Waals surface area contributed by atoms with Crippen LogP contribution in [0.4, 0.5) is 5.82 Å². The van der Waals surface area contributed by atoms with Gasteiger partial charge < -0.3 is 5.32 Å². The summed E-state index contributed by atoms with van der Waals surface area (Å²) >= 11 is 1.55. The number of aromatic nitrogens is 1. The Morgan fingerprint density at radius 1 is 1.52 bits per heavy atom. The fourth-order valence-electron chi connectivity index (χ4n) is 1.89. The first-order chi connectivity index (χ1) is 10.3. The maximum atomic E-state index is 10.0. The predicted octanol–water partition coefficient (Wildman–Crippen LogP) is 3.69. The van der Waals surface area contributed by atoms with E-state index in [2.05, 4.69) is 39.3 Å². The Morgan fingerprint density at radius 3 is 3.19 bits per heavy atom. The molecule has 5 nitrogen and oxygen atoms in total. The summed E-state index contributed by atoms with van der Waals surface area (Å²) in [4.78, 5) is 22.0.